The van der Waals surface area contributed by atoms with Crippen LogP contribution in [0.3, 0.4) is 0 Å². The Labute approximate surface area is 216 Å². The van der Waals surface area contributed by atoms with Crippen molar-refractivity contribution in [1.82, 2.24) is 19.8 Å². The zero-order valence-corrected chi connectivity index (χ0v) is 21.5. The van der Waals surface area contributed by atoms with Gasteiger partial charge in [-0.1, -0.05) is 11.6 Å². The van der Waals surface area contributed by atoms with Crippen LogP contribution in [0.1, 0.15) is 19.3 Å². The third-order valence-corrected chi connectivity index (χ3v) is 6.54. The van der Waals surface area contributed by atoms with Crippen molar-refractivity contribution < 1.29 is 19.0 Å². The molecule has 1 aliphatic rings. The summed E-state index contributed by atoms with van der Waals surface area (Å²) in [7, 11) is 4.08. The molecular weight excluding hydrogens is 485 g/mol. The van der Waals surface area contributed by atoms with Crippen LogP contribution in [0.4, 0.5) is 15.9 Å². The highest BCUT2D eigenvalue weighted by molar-refractivity contribution is 6.31. The van der Waals surface area contributed by atoms with Crippen molar-refractivity contribution in [3.63, 3.8) is 0 Å². The van der Waals surface area contributed by atoms with Gasteiger partial charge >= 0.3 is 0 Å². The van der Waals surface area contributed by atoms with Crippen molar-refractivity contribution in [2.45, 2.75) is 25.4 Å². The molecule has 1 saturated heterocycles. The molecule has 0 atom stereocenters. The largest absolute Gasteiger partial charge is 0.493 e. The van der Waals surface area contributed by atoms with Gasteiger partial charge in [-0.3, -0.25) is 0 Å². The third kappa shape index (κ3) is 6.94. The van der Waals surface area contributed by atoms with Gasteiger partial charge in [0.2, 0.25) is 0 Å². The Bertz CT molecular complexity index is 1160. The van der Waals surface area contributed by atoms with Crippen LogP contribution in [0, 0.1) is 5.82 Å². The van der Waals surface area contributed by atoms with E-state index in [2.05, 4.69) is 32.1 Å². The maximum atomic E-state index is 13.7. The van der Waals surface area contributed by atoms with Crippen molar-refractivity contribution in [3.05, 3.63) is 47.5 Å². The number of nitrogens with one attached hydrogen (secondary N) is 1. The molecule has 4 rings (SSSR count). The van der Waals surface area contributed by atoms with Gasteiger partial charge in [0.05, 0.1) is 29.1 Å². The summed E-state index contributed by atoms with van der Waals surface area (Å²) in [4.78, 5) is 13.3. The zero-order chi connectivity index (χ0) is 25.5. The summed E-state index contributed by atoms with van der Waals surface area (Å²) >= 11 is 5.98. The molecule has 0 bridgehead atoms. The number of fused-ring (bicyclic) bond motifs is 1. The highest BCUT2D eigenvalue weighted by Gasteiger charge is 2.21. The van der Waals surface area contributed by atoms with E-state index in [0.717, 1.165) is 44.3 Å². The molecule has 3 aromatic rings. The van der Waals surface area contributed by atoms with Gasteiger partial charge in [0.15, 0.2) is 0 Å². The zero-order valence-electron chi connectivity index (χ0n) is 20.7. The van der Waals surface area contributed by atoms with E-state index >= 15 is 0 Å². The van der Waals surface area contributed by atoms with E-state index in [4.69, 9.17) is 26.2 Å². The number of anilines is 2. The topological polar surface area (TPSA) is 83.0 Å². The van der Waals surface area contributed by atoms with Gasteiger partial charge in [-0.05, 0) is 51.6 Å². The molecule has 8 nitrogen and oxygen atoms in total. The van der Waals surface area contributed by atoms with E-state index in [0.29, 0.717) is 41.7 Å². The van der Waals surface area contributed by atoms with Crippen molar-refractivity contribution in [2.24, 2.45) is 0 Å². The van der Waals surface area contributed by atoms with Crippen LogP contribution in [0.15, 0.2) is 36.7 Å². The van der Waals surface area contributed by atoms with Crippen LogP contribution in [0.5, 0.6) is 11.5 Å². The first kappa shape index (κ1) is 26.3. The molecule has 0 spiro atoms. The maximum Gasteiger partial charge on any atom is 0.145 e. The second-order valence-corrected chi connectivity index (χ2v) is 9.55. The minimum absolute atomic E-state index is 0.0291. The number of likely N-dealkylation sites (N-methyl/N-ethyl adjacent to an activating group) is 1. The Hall–Kier alpha value is -2.72. The van der Waals surface area contributed by atoms with Gasteiger partial charge in [-0.15, -0.1) is 0 Å². The number of hydrogen-bond donors (Lipinski definition) is 2. The predicted octanol–water partition coefficient (Wildman–Crippen LogP) is 4.33. The second-order valence-electron chi connectivity index (χ2n) is 9.14. The molecule has 10 heteroatoms. The average Bonchev–Trinajstić information content (AvgIpc) is 2.86. The third-order valence-electron chi connectivity index (χ3n) is 6.25. The molecule has 0 amide bonds. The van der Waals surface area contributed by atoms with Crippen molar-refractivity contribution in [3.8, 4) is 11.5 Å². The lowest BCUT2D eigenvalue weighted by Gasteiger charge is -2.30. The molecule has 2 heterocycles. The van der Waals surface area contributed by atoms with E-state index in [9.17, 15) is 4.39 Å². The van der Waals surface area contributed by atoms with Crippen LogP contribution in [0.25, 0.3) is 10.9 Å². The number of aliphatic hydroxyl groups excluding tert-OH is 1. The van der Waals surface area contributed by atoms with Crippen LogP contribution in [0.2, 0.25) is 5.02 Å². The number of ether oxygens (including phenoxy) is 2. The molecule has 2 N–H and O–H groups in total. The second kappa shape index (κ2) is 12.5. The minimum atomic E-state index is -0.481. The average molecular weight is 518 g/mol. The van der Waals surface area contributed by atoms with Gasteiger partial charge < -0.3 is 29.7 Å². The van der Waals surface area contributed by atoms with Crippen molar-refractivity contribution >= 4 is 34.0 Å². The number of aliphatic hydroxyl groups is 1. The van der Waals surface area contributed by atoms with Crippen LogP contribution < -0.4 is 14.8 Å². The molecule has 0 aliphatic carbocycles. The van der Waals surface area contributed by atoms with Gasteiger partial charge in [0, 0.05) is 44.0 Å². The predicted molar refractivity (Wildman–Crippen MR) is 140 cm³/mol. The Morgan fingerprint density at radius 3 is 2.75 bits per heavy atom. The quantitative estimate of drug-likeness (QED) is 0.364. The maximum absolute atomic E-state index is 13.7. The monoisotopic (exact) mass is 517 g/mol. The number of likely N-dealkylation sites (tertiary alicyclic amines) is 1. The van der Waals surface area contributed by atoms with Crippen molar-refractivity contribution in [1.29, 1.82) is 0 Å². The van der Waals surface area contributed by atoms with Crippen molar-refractivity contribution in [2.75, 3.05) is 58.8 Å². The molecule has 0 saturated carbocycles. The summed E-state index contributed by atoms with van der Waals surface area (Å²) < 4.78 is 26.2. The fraction of sp³-hybridized carbons (Fsp3) is 0.462. The lowest BCUT2D eigenvalue weighted by atomic mass is 10.1. The molecule has 1 aliphatic heterocycles. The van der Waals surface area contributed by atoms with E-state index < -0.39 is 5.82 Å². The Morgan fingerprint density at radius 1 is 1.19 bits per heavy atom. The fourth-order valence-electron chi connectivity index (χ4n) is 4.20. The van der Waals surface area contributed by atoms with Crippen LogP contribution in [-0.4, -0.2) is 84.5 Å². The first-order valence-electron chi connectivity index (χ1n) is 12.2. The molecule has 194 valence electrons. The number of hydrogen-bond acceptors (Lipinski definition) is 8. The van der Waals surface area contributed by atoms with E-state index in [1.54, 1.807) is 6.07 Å². The summed E-state index contributed by atoms with van der Waals surface area (Å²) in [5.41, 5.74) is 1.29. The van der Waals surface area contributed by atoms with Crippen LogP contribution >= 0.6 is 11.6 Å². The van der Waals surface area contributed by atoms with Gasteiger partial charge in [-0.2, -0.15) is 0 Å². The Morgan fingerprint density at radius 2 is 2.00 bits per heavy atom. The molecule has 1 aromatic heterocycles. The number of piperidine rings is 1. The first-order chi connectivity index (χ1) is 17.4. The number of benzene rings is 2. The number of nitrogens with zero attached hydrogens (tertiary/aromatic N) is 4. The standard InChI is InChI=1S/C26H33ClFN5O3/c1-32(11-12-34)8-3-13-35-20-15-23-25(24(16-20)36-19-6-9-33(2)10-7-19)26(30-17-29-23)31-18-4-5-22(28)21(27)14-18/h4-5,14-17,19,34H,3,6-13H2,1-2H3,(H,29,30,31). The number of rotatable bonds is 11. The lowest BCUT2D eigenvalue weighted by Crippen LogP contribution is -2.35. The minimum Gasteiger partial charge on any atom is -0.493 e. The first-order valence-corrected chi connectivity index (χ1v) is 12.6. The Balaban J connectivity index is 1.60. The van der Waals surface area contributed by atoms with Gasteiger partial charge in [-0.25, -0.2) is 14.4 Å². The molecular formula is C26H33ClFN5O3. The summed E-state index contributed by atoms with van der Waals surface area (Å²) in [6.07, 6.45) is 4.21. The van der Waals surface area contributed by atoms with E-state index in [1.807, 2.05) is 19.2 Å². The molecule has 0 radical (unpaired) electrons. The van der Waals surface area contributed by atoms with Gasteiger partial charge in [0.25, 0.3) is 0 Å². The SMILES string of the molecule is CN(CCO)CCCOc1cc(OC2CCN(C)CC2)c2c(Nc3ccc(F)c(Cl)c3)ncnc2c1. The van der Waals surface area contributed by atoms with Gasteiger partial charge in [0.1, 0.15) is 35.6 Å². The smallest absolute Gasteiger partial charge is 0.145 e. The summed E-state index contributed by atoms with van der Waals surface area (Å²) in [5, 5.41) is 13.1. The van der Waals surface area contributed by atoms with Crippen LogP contribution in [-0.2, 0) is 0 Å². The molecule has 2 aromatic carbocycles. The lowest BCUT2D eigenvalue weighted by molar-refractivity contribution is 0.115. The normalized spacial score (nSPS) is 14.9. The fourth-order valence-corrected chi connectivity index (χ4v) is 4.38. The highest BCUT2D eigenvalue weighted by Crippen LogP contribution is 2.37. The highest BCUT2D eigenvalue weighted by atomic mass is 35.5. The van der Waals surface area contributed by atoms with E-state index in [-0.39, 0.29) is 17.7 Å². The Kier molecular flexibility index (Phi) is 9.14. The number of halogens is 2. The molecule has 36 heavy (non-hydrogen) atoms. The number of aromatic nitrogens is 2. The molecule has 0 unspecified atom stereocenters. The van der Waals surface area contributed by atoms with E-state index in [1.165, 1.54) is 18.5 Å². The molecule has 1 fully saturated rings. The summed E-state index contributed by atoms with van der Waals surface area (Å²) in [6.45, 7) is 4.06. The summed E-state index contributed by atoms with van der Waals surface area (Å²) in [6, 6.07) is 8.21. The summed E-state index contributed by atoms with van der Waals surface area (Å²) in [5.74, 6) is 1.38.